The molecule has 0 spiro atoms. The van der Waals surface area contributed by atoms with Gasteiger partial charge in [-0.1, -0.05) is 40.2 Å². The summed E-state index contributed by atoms with van der Waals surface area (Å²) in [6.45, 7) is 2.02. The van der Waals surface area contributed by atoms with E-state index in [1.165, 1.54) is 12.1 Å². The molecule has 0 saturated heterocycles. The predicted octanol–water partition coefficient (Wildman–Crippen LogP) is 3.94. The van der Waals surface area contributed by atoms with Gasteiger partial charge in [0.05, 0.1) is 6.04 Å². The second kappa shape index (κ2) is 4.98. The van der Waals surface area contributed by atoms with Crippen molar-refractivity contribution < 1.29 is 4.39 Å². The molecule has 0 aliphatic carbocycles. The maximum Gasteiger partial charge on any atom is 0.123 e. The standard InChI is InChI=1S/C14H13BrFN/c1-9-5-6-12(13(15)7-9)14(17)10-3-2-4-11(16)8-10/h2-8,14H,17H2,1H3. The summed E-state index contributed by atoms with van der Waals surface area (Å²) in [5.74, 6) is -0.263. The Morgan fingerprint density at radius 2 is 1.94 bits per heavy atom. The summed E-state index contributed by atoms with van der Waals surface area (Å²) in [5, 5.41) is 0. The molecule has 17 heavy (non-hydrogen) atoms. The molecule has 2 N–H and O–H groups in total. The van der Waals surface area contributed by atoms with Crippen LogP contribution in [0.5, 0.6) is 0 Å². The Morgan fingerprint density at radius 3 is 2.59 bits per heavy atom. The number of nitrogens with two attached hydrogens (primary N) is 1. The molecule has 88 valence electrons. The second-order valence-electron chi connectivity index (χ2n) is 4.06. The zero-order valence-electron chi connectivity index (χ0n) is 9.45. The van der Waals surface area contributed by atoms with Gasteiger partial charge < -0.3 is 5.73 Å². The molecule has 1 nitrogen and oxygen atoms in total. The number of hydrogen-bond acceptors (Lipinski definition) is 1. The molecule has 0 fully saturated rings. The van der Waals surface area contributed by atoms with Crippen LogP contribution in [0.1, 0.15) is 22.7 Å². The highest BCUT2D eigenvalue weighted by Crippen LogP contribution is 2.27. The van der Waals surface area contributed by atoms with Gasteiger partial charge in [0, 0.05) is 4.47 Å². The summed E-state index contributed by atoms with van der Waals surface area (Å²) < 4.78 is 14.1. The Morgan fingerprint density at radius 1 is 1.18 bits per heavy atom. The monoisotopic (exact) mass is 293 g/mol. The number of benzene rings is 2. The molecule has 0 aromatic heterocycles. The van der Waals surface area contributed by atoms with Gasteiger partial charge >= 0.3 is 0 Å². The molecule has 0 saturated carbocycles. The third-order valence-electron chi connectivity index (χ3n) is 2.70. The van der Waals surface area contributed by atoms with Gasteiger partial charge in [0.25, 0.3) is 0 Å². The van der Waals surface area contributed by atoms with E-state index >= 15 is 0 Å². The highest BCUT2D eigenvalue weighted by Gasteiger charge is 2.12. The van der Waals surface area contributed by atoms with Crippen LogP contribution in [-0.2, 0) is 0 Å². The van der Waals surface area contributed by atoms with Crippen LogP contribution in [0.4, 0.5) is 4.39 Å². The zero-order valence-corrected chi connectivity index (χ0v) is 11.0. The minimum absolute atomic E-state index is 0.263. The number of hydrogen-bond donors (Lipinski definition) is 1. The Hall–Kier alpha value is -1.19. The summed E-state index contributed by atoms with van der Waals surface area (Å²) >= 11 is 3.49. The van der Waals surface area contributed by atoms with Crippen LogP contribution in [0.15, 0.2) is 46.9 Å². The predicted molar refractivity (Wildman–Crippen MR) is 71.3 cm³/mol. The molecule has 0 radical (unpaired) electrons. The number of rotatable bonds is 2. The van der Waals surface area contributed by atoms with E-state index in [2.05, 4.69) is 15.9 Å². The van der Waals surface area contributed by atoms with Crippen LogP contribution in [0.2, 0.25) is 0 Å². The van der Waals surface area contributed by atoms with Gasteiger partial charge in [-0.15, -0.1) is 0 Å². The molecule has 0 aliphatic heterocycles. The van der Waals surface area contributed by atoms with E-state index in [1.54, 1.807) is 6.07 Å². The summed E-state index contributed by atoms with van der Waals surface area (Å²) in [5.41, 5.74) is 9.03. The van der Waals surface area contributed by atoms with Crippen molar-refractivity contribution in [3.8, 4) is 0 Å². The maximum absolute atomic E-state index is 13.1. The van der Waals surface area contributed by atoms with Crippen molar-refractivity contribution in [2.75, 3.05) is 0 Å². The number of halogens is 2. The van der Waals surface area contributed by atoms with Crippen LogP contribution in [-0.4, -0.2) is 0 Å². The quantitative estimate of drug-likeness (QED) is 0.892. The molecule has 0 heterocycles. The molecule has 2 aromatic carbocycles. The van der Waals surface area contributed by atoms with Crippen molar-refractivity contribution in [1.29, 1.82) is 0 Å². The van der Waals surface area contributed by atoms with E-state index in [-0.39, 0.29) is 11.9 Å². The topological polar surface area (TPSA) is 26.0 Å². The number of aryl methyl sites for hydroxylation is 1. The van der Waals surface area contributed by atoms with Crippen molar-refractivity contribution in [3.05, 3.63) is 69.4 Å². The first-order chi connectivity index (χ1) is 8.08. The molecular formula is C14H13BrFN. The lowest BCUT2D eigenvalue weighted by atomic mass is 9.99. The zero-order chi connectivity index (χ0) is 12.4. The first kappa shape index (κ1) is 12.3. The van der Waals surface area contributed by atoms with E-state index in [4.69, 9.17) is 5.73 Å². The van der Waals surface area contributed by atoms with Gasteiger partial charge in [0.2, 0.25) is 0 Å². The van der Waals surface area contributed by atoms with Gasteiger partial charge in [0.1, 0.15) is 5.82 Å². The minimum atomic E-state index is -0.319. The van der Waals surface area contributed by atoms with E-state index in [0.29, 0.717) is 0 Å². The van der Waals surface area contributed by atoms with Crippen LogP contribution >= 0.6 is 15.9 Å². The summed E-state index contributed by atoms with van der Waals surface area (Å²) in [6.07, 6.45) is 0. The van der Waals surface area contributed by atoms with Crippen LogP contribution in [0.25, 0.3) is 0 Å². The van der Waals surface area contributed by atoms with E-state index in [9.17, 15) is 4.39 Å². The van der Waals surface area contributed by atoms with E-state index < -0.39 is 0 Å². The molecule has 0 aliphatic rings. The van der Waals surface area contributed by atoms with Gasteiger partial charge in [-0.25, -0.2) is 4.39 Å². The van der Waals surface area contributed by atoms with Gasteiger partial charge in [-0.05, 0) is 41.8 Å². The summed E-state index contributed by atoms with van der Waals surface area (Å²) in [6, 6.07) is 12.0. The fraction of sp³-hybridized carbons (Fsp3) is 0.143. The SMILES string of the molecule is Cc1ccc(C(N)c2cccc(F)c2)c(Br)c1. The summed E-state index contributed by atoms with van der Waals surface area (Å²) in [7, 11) is 0. The lowest BCUT2D eigenvalue weighted by molar-refractivity contribution is 0.623. The van der Waals surface area contributed by atoms with Gasteiger partial charge in [-0.3, -0.25) is 0 Å². The van der Waals surface area contributed by atoms with Crippen LogP contribution in [0.3, 0.4) is 0 Å². The van der Waals surface area contributed by atoms with E-state index in [1.807, 2.05) is 31.2 Å². The molecule has 1 atom stereocenters. The average molecular weight is 294 g/mol. The highest BCUT2D eigenvalue weighted by molar-refractivity contribution is 9.10. The Balaban J connectivity index is 2.40. The van der Waals surface area contributed by atoms with Gasteiger partial charge in [0.15, 0.2) is 0 Å². The Kier molecular flexibility index (Phi) is 3.60. The van der Waals surface area contributed by atoms with Crippen molar-refractivity contribution in [1.82, 2.24) is 0 Å². The molecule has 0 bridgehead atoms. The fourth-order valence-corrected chi connectivity index (χ4v) is 2.50. The van der Waals surface area contributed by atoms with E-state index in [0.717, 1.165) is 21.2 Å². The highest BCUT2D eigenvalue weighted by atomic mass is 79.9. The van der Waals surface area contributed by atoms with Crippen LogP contribution in [0, 0.1) is 12.7 Å². The Bertz CT molecular complexity index is 539. The third kappa shape index (κ3) is 2.73. The first-order valence-corrected chi connectivity index (χ1v) is 6.14. The van der Waals surface area contributed by atoms with Crippen LogP contribution < -0.4 is 5.73 Å². The maximum atomic E-state index is 13.1. The molecule has 0 amide bonds. The second-order valence-corrected chi connectivity index (χ2v) is 4.91. The third-order valence-corrected chi connectivity index (χ3v) is 3.39. The van der Waals surface area contributed by atoms with Crippen molar-refractivity contribution in [2.45, 2.75) is 13.0 Å². The van der Waals surface area contributed by atoms with Crippen molar-refractivity contribution in [3.63, 3.8) is 0 Å². The van der Waals surface area contributed by atoms with Crippen molar-refractivity contribution >= 4 is 15.9 Å². The molecular weight excluding hydrogens is 281 g/mol. The lowest BCUT2D eigenvalue weighted by Crippen LogP contribution is -2.12. The molecule has 2 aromatic rings. The average Bonchev–Trinajstić information content (AvgIpc) is 2.28. The normalized spacial score (nSPS) is 12.5. The molecule has 1 unspecified atom stereocenters. The lowest BCUT2D eigenvalue weighted by Gasteiger charge is -2.15. The summed E-state index contributed by atoms with van der Waals surface area (Å²) in [4.78, 5) is 0. The smallest absolute Gasteiger partial charge is 0.123 e. The molecule has 3 heteroatoms. The Labute approximate surface area is 109 Å². The minimum Gasteiger partial charge on any atom is -0.320 e. The largest absolute Gasteiger partial charge is 0.320 e. The first-order valence-electron chi connectivity index (χ1n) is 5.35. The fourth-order valence-electron chi connectivity index (χ4n) is 1.76. The van der Waals surface area contributed by atoms with Gasteiger partial charge in [-0.2, -0.15) is 0 Å². The molecule has 2 rings (SSSR count). The van der Waals surface area contributed by atoms with Crippen molar-refractivity contribution in [2.24, 2.45) is 5.73 Å².